The molecule has 0 unspecified atom stereocenters. The molecule has 4 rings (SSSR count). The molecule has 0 spiro atoms. The van der Waals surface area contributed by atoms with Crippen LogP contribution in [0.4, 0.5) is 18.9 Å². The third-order valence-corrected chi connectivity index (χ3v) is 7.34. The number of hydrogen-bond acceptors (Lipinski definition) is 3. The summed E-state index contributed by atoms with van der Waals surface area (Å²) in [6, 6.07) is 17.3. The third-order valence-electron chi connectivity index (χ3n) is 5.25. The minimum absolute atomic E-state index is 0.0863. The first kappa shape index (κ1) is 23.3. The lowest BCUT2D eigenvalue weighted by molar-refractivity contribution is -0.137. The second kappa shape index (κ2) is 8.81. The van der Waals surface area contributed by atoms with Crippen LogP contribution < -0.4 is 4.90 Å². The number of carbonyl (C=O) groups is 1. The van der Waals surface area contributed by atoms with Crippen molar-refractivity contribution in [2.75, 3.05) is 11.4 Å². The van der Waals surface area contributed by atoms with Crippen LogP contribution in [0.5, 0.6) is 0 Å². The standard InChI is InChI=1S/C23H18ClF3N2O3S/c24-19-10-8-16(9-11-19)14-29-20-6-1-2-7-21(20)33(31,32)28(15-22(29)30)13-17-4-3-5-18(12-17)23(25,26)27/h1-12H,13-15H2. The molecule has 3 aromatic carbocycles. The van der Waals surface area contributed by atoms with Crippen LogP contribution in [0.25, 0.3) is 0 Å². The van der Waals surface area contributed by atoms with E-state index in [1.165, 1.54) is 35.2 Å². The van der Waals surface area contributed by atoms with E-state index in [9.17, 15) is 26.4 Å². The first-order chi connectivity index (χ1) is 15.6. The van der Waals surface area contributed by atoms with E-state index in [0.717, 1.165) is 22.0 Å². The molecule has 1 amide bonds. The summed E-state index contributed by atoms with van der Waals surface area (Å²) in [5.41, 5.74) is 0.198. The Hall–Kier alpha value is -2.88. The molecule has 0 atom stereocenters. The van der Waals surface area contributed by atoms with Crippen LogP contribution in [-0.2, 0) is 34.1 Å². The Morgan fingerprint density at radius 1 is 0.879 bits per heavy atom. The van der Waals surface area contributed by atoms with E-state index in [1.807, 2.05) is 0 Å². The molecule has 1 aliphatic heterocycles. The first-order valence-corrected chi connectivity index (χ1v) is 11.7. The number of nitrogens with zero attached hydrogens (tertiary/aromatic N) is 2. The maximum atomic E-state index is 13.4. The molecule has 10 heteroatoms. The molecular weight excluding hydrogens is 477 g/mol. The zero-order chi connectivity index (χ0) is 23.8. The maximum absolute atomic E-state index is 13.4. The quantitative estimate of drug-likeness (QED) is 0.507. The summed E-state index contributed by atoms with van der Waals surface area (Å²) >= 11 is 5.93. The normalized spacial score (nSPS) is 16.4. The minimum atomic E-state index is -4.56. The maximum Gasteiger partial charge on any atom is 0.416 e. The van der Waals surface area contributed by atoms with E-state index >= 15 is 0 Å². The highest BCUT2D eigenvalue weighted by Gasteiger charge is 2.37. The molecule has 0 saturated heterocycles. The summed E-state index contributed by atoms with van der Waals surface area (Å²) in [4.78, 5) is 14.5. The zero-order valence-corrected chi connectivity index (χ0v) is 18.7. The summed E-state index contributed by atoms with van der Waals surface area (Å²) in [5.74, 6) is -0.495. The van der Waals surface area contributed by atoms with Crippen LogP contribution in [-0.4, -0.2) is 25.2 Å². The Kier molecular flexibility index (Phi) is 6.22. The number of rotatable bonds is 4. The van der Waals surface area contributed by atoms with Gasteiger partial charge in [0.2, 0.25) is 15.9 Å². The van der Waals surface area contributed by atoms with Gasteiger partial charge < -0.3 is 4.90 Å². The van der Waals surface area contributed by atoms with E-state index in [0.29, 0.717) is 5.02 Å². The molecule has 0 N–H and O–H groups in total. The summed E-state index contributed by atoms with van der Waals surface area (Å²) in [6.45, 7) is -0.776. The van der Waals surface area contributed by atoms with Crippen LogP contribution >= 0.6 is 11.6 Å². The van der Waals surface area contributed by atoms with Crippen molar-refractivity contribution in [3.63, 3.8) is 0 Å². The average Bonchev–Trinajstić information content (AvgIpc) is 2.84. The number of amides is 1. The van der Waals surface area contributed by atoms with Gasteiger partial charge in [0, 0.05) is 11.6 Å². The number of fused-ring (bicyclic) bond motifs is 1. The van der Waals surface area contributed by atoms with Crippen molar-refractivity contribution < 1.29 is 26.4 Å². The molecule has 0 aliphatic carbocycles. The molecule has 1 heterocycles. The van der Waals surface area contributed by atoms with E-state index in [-0.39, 0.29) is 29.2 Å². The highest BCUT2D eigenvalue weighted by molar-refractivity contribution is 7.89. The predicted octanol–water partition coefficient (Wildman–Crippen LogP) is 5.10. The van der Waals surface area contributed by atoms with Crippen LogP contribution in [0.2, 0.25) is 5.02 Å². The first-order valence-electron chi connectivity index (χ1n) is 9.86. The van der Waals surface area contributed by atoms with Crippen molar-refractivity contribution in [1.29, 1.82) is 0 Å². The van der Waals surface area contributed by atoms with Crippen molar-refractivity contribution in [2.24, 2.45) is 0 Å². The highest BCUT2D eigenvalue weighted by atomic mass is 35.5. The summed E-state index contributed by atoms with van der Waals surface area (Å²) in [7, 11) is -4.16. The van der Waals surface area contributed by atoms with Gasteiger partial charge in [-0.25, -0.2) is 8.42 Å². The molecule has 5 nitrogen and oxygen atoms in total. The lowest BCUT2D eigenvalue weighted by Gasteiger charge is -2.22. The Balaban J connectivity index is 1.72. The molecule has 0 radical (unpaired) electrons. The number of benzene rings is 3. The highest BCUT2D eigenvalue weighted by Crippen LogP contribution is 2.34. The van der Waals surface area contributed by atoms with Gasteiger partial charge in [0.1, 0.15) is 4.90 Å². The van der Waals surface area contributed by atoms with Crippen molar-refractivity contribution in [2.45, 2.75) is 24.2 Å². The number of hydrogen-bond donors (Lipinski definition) is 0. The van der Waals surface area contributed by atoms with Crippen molar-refractivity contribution >= 4 is 33.2 Å². The number of alkyl halides is 3. The molecule has 3 aromatic rings. The fourth-order valence-corrected chi connectivity index (χ4v) is 5.33. The van der Waals surface area contributed by atoms with Gasteiger partial charge in [-0.05, 0) is 41.5 Å². The summed E-state index contributed by atoms with van der Waals surface area (Å²) in [5, 5.41) is 0.524. The minimum Gasteiger partial charge on any atom is -0.305 e. The van der Waals surface area contributed by atoms with E-state index in [4.69, 9.17) is 11.6 Å². The Morgan fingerprint density at radius 3 is 2.27 bits per heavy atom. The van der Waals surface area contributed by atoms with Gasteiger partial charge in [0.25, 0.3) is 0 Å². The van der Waals surface area contributed by atoms with Crippen molar-refractivity contribution in [1.82, 2.24) is 4.31 Å². The Bertz CT molecular complexity index is 1290. The SMILES string of the molecule is O=C1CN(Cc2cccc(C(F)(F)F)c2)S(=O)(=O)c2ccccc2N1Cc1ccc(Cl)cc1. The van der Waals surface area contributed by atoms with Gasteiger partial charge in [0.05, 0.1) is 24.3 Å². The van der Waals surface area contributed by atoms with Gasteiger partial charge in [-0.1, -0.05) is 54.1 Å². The number of carbonyl (C=O) groups excluding carboxylic acids is 1. The topological polar surface area (TPSA) is 57.7 Å². The zero-order valence-electron chi connectivity index (χ0n) is 17.1. The number of para-hydroxylation sites is 1. The average molecular weight is 495 g/mol. The smallest absolute Gasteiger partial charge is 0.305 e. The molecule has 0 saturated carbocycles. The Morgan fingerprint density at radius 2 is 1.58 bits per heavy atom. The van der Waals surface area contributed by atoms with Crippen LogP contribution in [0.1, 0.15) is 16.7 Å². The Labute approximate surface area is 194 Å². The number of sulfonamides is 1. The van der Waals surface area contributed by atoms with Gasteiger partial charge in [-0.2, -0.15) is 17.5 Å². The molecule has 0 fully saturated rings. The molecule has 0 aromatic heterocycles. The molecule has 172 valence electrons. The van der Waals surface area contributed by atoms with E-state index in [2.05, 4.69) is 0 Å². The lowest BCUT2D eigenvalue weighted by Crippen LogP contribution is -2.38. The van der Waals surface area contributed by atoms with E-state index < -0.39 is 34.2 Å². The monoisotopic (exact) mass is 494 g/mol. The molecular formula is C23H18ClF3N2O3S. The lowest BCUT2D eigenvalue weighted by atomic mass is 10.1. The van der Waals surface area contributed by atoms with Gasteiger partial charge in [-0.3, -0.25) is 4.79 Å². The van der Waals surface area contributed by atoms with Gasteiger partial charge in [-0.15, -0.1) is 0 Å². The second-order valence-electron chi connectivity index (χ2n) is 7.55. The predicted molar refractivity (Wildman–Crippen MR) is 118 cm³/mol. The number of halogens is 4. The van der Waals surface area contributed by atoms with Crippen LogP contribution in [0.3, 0.4) is 0 Å². The van der Waals surface area contributed by atoms with Crippen molar-refractivity contribution in [3.8, 4) is 0 Å². The summed E-state index contributed by atoms with van der Waals surface area (Å²) in [6.07, 6.45) is -4.56. The third kappa shape index (κ3) is 4.90. The van der Waals surface area contributed by atoms with Crippen LogP contribution in [0, 0.1) is 0 Å². The fraction of sp³-hybridized carbons (Fsp3) is 0.174. The largest absolute Gasteiger partial charge is 0.416 e. The molecule has 33 heavy (non-hydrogen) atoms. The molecule has 0 bridgehead atoms. The van der Waals surface area contributed by atoms with Crippen molar-refractivity contribution in [3.05, 3.63) is 94.5 Å². The second-order valence-corrected chi connectivity index (χ2v) is 9.89. The van der Waals surface area contributed by atoms with Gasteiger partial charge >= 0.3 is 6.18 Å². The van der Waals surface area contributed by atoms with E-state index in [1.54, 1.807) is 30.3 Å². The van der Waals surface area contributed by atoms with Crippen LogP contribution in [0.15, 0.2) is 77.7 Å². The number of anilines is 1. The summed E-state index contributed by atoms with van der Waals surface area (Å²) < 4.78 is 67.0. The van der Waals surface area contributed by atoms with Gasteiger partial charge in [0.15, 0.2) is 0 Å². The fourth-order valence-electron chi connectivity index (χ4n) is 3.63. The molecule has 1 aliphatic rings.